The molecule has 1 aromatic rings. The molecular formula is C20H28N2O4. The van der Waals surface area contributed by atoms with Crippen molar-refractivity contribution < 1.29 is 19.0 Å². The van der Waals surface area contributed by atoms with Crippen molar-refractivity contribution in [1.29, 1.82) is 0 Å². The van der Waals surface area contributed by atoms with E-state index in [0.717, 1.165) is 55.2 Å². The molecule has 142 valence electrons. The van der Waals surface area contributed by atoms with Crippen LogP contribution in [0.3, 0.4) is 0 Å². The fraction of sp³-hybridized carbons (Fsp3) is 0.650. The molecule has 1 aliphatic carbocycles. The van der Waals surface area contributed by atoms with E-state index in [9.17, 15) is 4.79 Å². The fourth-order valence-corrected chi connectivity index (χ4v) is 4.54. The summed E-state index contributed by atoms with van der Waals surface area (Å²) in [7, 11) is 3.86. The molecule has 2 heterocycles. The standard InChI is InChI=1S/C20H28N2O4/c1-22(16-6-13-9-20(23)21-11-14(13)7-16)12-15-8-18-19(10-17(15)24-2)26-5-3-4-25-18/h8,10,13-14,16H,3-7,9,11-12H2,1-2H3,(H,21,23)/t13-,14+,16-/m1/s1. The topological polar surface area (TPSA) is 60.0 Å². The lowest BCUT2D eigenvalue weighted by molar-refractivity contribution is -0.124. The van der Waals surface area contributed by atoms with Crippen LogP contribution in [0, 0.1) is 11.8 Å². The molecule has 1 N–H and O–H groups in total. The average molecular weight is 360 g/mol. The quantitative estimate of drug-likeness (QED) is 0.892. The highest BCUT2D eigenvalue weighted by atomic mass is 16.5. The van der Waals surface area contributed by atoms with Crippen LogP contribution in [-0.4, -0.2) is 50.8 Å². The van der Waals surface area contributed by atoms with Gasteiger partial charge in [-0.1, -0.05) is 0 Å². The van der Waals surface area contributed by atoms with E-state index in [4.69, 9.17) is 14.2 Å². The molecule has 6 heteroatoms. The second kappa shape index (κ2) is 7.35. The van der Waals surface area contributed by atoms with Crippen molar-refractivity contribution in [2.24, 2.45) is 11.8 Å². The summed E-state index contributed by atoms with van der Waals surface area (Å²) in [6.07, 6.45) is 3.82. The van der Waals surface area contributed by atoms with Gasteiger partial charge >= 0.3 is 0 Å². The number of hydrogen-bond donors (Lipinski definition) is 1. The first kappa shape index (κ1) is 17.5. The molecule has 26 heavy (non-hydrogen) atoms. The Morgan fingerprint density at radius 3 is 2.69 bits per heavy atom. The molecule has 3 aliphatic rings. The molecular weight excluding hydrogens is 332 g/mol. The second-order valence-corrected chi connectivity index (χ2v) is 7.73. The summed E-state index contributed by atoms with van der Waals surface area (Å²) in [5.41, 5.74) is 1.11. The molecule has 0 aromatic heterocycles. The summed E-state index contributed by atoms with van der Waals surface area (Å²) in [5, 5.41) is 3.01. The zero-order valence-electron chi connectivity index (χ0n) is 15.6. The van der Waals surface area contributed by atoms with Gasteiger partial charge in [0.25, 0.3) is 0 Å². The van der Waals surface area contributed by atoms with E-state index in [-0.39, 0.29) is 5.91 Å². The van der Waals surface area contributed by atoms with Crippen molar-refractivity contribution >= 4 is 5.91 Å². The molecule has 2 aliphatic heterocycles. The van der Waals surface area contributed by atoms with Crippen LogP contribution in [0.15, 0.2) is 12.1 Å². The number of benzene rings is 1. The number of ether oxygens (including phenoxy) is 3. The number of hydrogen-bond acceptors (Lipinski definition) is 5. The molecule has 3 atom stereocenters. The Hall–Kier alpha value is -1.95. The minimum Gasteiger partial charge on any atom is -0.496 e. The number of methoxy groups -OCH3 is 1. The van der Waals surface area contributed by atoms with Gasteiger partial charge in [-0.25, -0.2) is 0 Å². The van der Waals surface area contributed by atoms with Crippen molar-refractivity contribution in [2.45, 2.75) is 38.3 Å². The zero-order valence-corrected chi connectivity index (χ0v) is 15.6. The Morgan fingerprint density at radius 1 is 1.19 bits per heavy atom. The van der Waals surface area contributed by atoms with E-state index >= 15 is 0 Å². The number of fused-ring (bicyclic) bond motifs is 2. The lowest BCUT2D eigenvalue weighted by Crippen LogP contribution is -2.38. The number of nitrogens with zero attached hydrogens (tertiary/aromatic N) is 1. The number of rotatable bonds is 4. The van der Waals surface area contributed by atoms with Crippen molar-refractivity contribution in [3.05, 3.63) is 17.7 Å². The van der Waals surface area contributed by atoms with Crippen LogP contribution >= 0.6 is 0 Å². The van der Waals surface area contributed by atoms with Gasteiger partial charge in [-0.05, 0) is 37.8 Å². The Balaban J connectivity index is 1.48. The van der Waals surface area contributed by atoms with Gasteiger partial charge in [0, 0.05) is 43.6 Å². The van der Waals surface area contributed by atoms with Crippen LogP contribution in [0.4, 0.5) is 0 Å². The Kier molecular flexibility index (Phi) is 4.94. The van der Waals surface area contributed by atoms with Gasteiger partial charge in [0.15, 0.2) is 11.5 Å². The smallest absolute Gasteiger partial charge is 0.220 e. The van der Waals surface area contributed by atoms with Gasteiger partial charge in [-0.3, -0.25) is 9.69 Å². The Bertz CT molecular complexity index is 678. The van der Waals surface area contributed by atoms with Crippen LogP contribution in [-0.2, 0) is 11.3 Å². The predicted molar refractivity (Wildman–Crippen MR) is 97.7 cm³/mol. The molecule has 1 aromatic carbocycles. The zero-order chi connectivity index (χ0) is 18.1. The summed E-state index contributed by atoms with van der Waals surface area (Å²) in [5.74, 6) is 3.77. The van der Waals surface area contributed by atoms with Gasteiger partial charge in [-0.2, -0.15) is 0 Å². The van der Waals surface area contributed by atoms with E-state index < -0.39 is 0 Å². The summed E-state index contributed by atoms with van der Waals surface area (Å²) in [4.78, 5) is 14.0. The monoisotopic (exact) mass is 360 g/mol. The first-order valence-electron chi connectivity index (χ1n) is 9.57. The highest BCUT2D eigenvalue weighted by Crippen LogP contribution is 2.40. The van der Waals surface area contributed by atoms with Crippen molar-refractivity contribution in [3.8, 4) is 17.2 Å². The number of carbonyl (C=O) groups excluding carboxylic acids is 1. The largest absolute Gasteiger partial charge is 0.496 e. The average Bonchev–Trinajstić information content (AvgIpc) is 2.92. The third-order valence-corrected chi connectivity index (χ3v) is 6.02. The van der Waals surface area contributed by atoms with Crippen LogP contribution in [0.25, 0.3) is 0 Å². The van der Waals surface area contributed by atoms with Crippen LogP contribution in [0.5, 0.6) is 17.2 Å². The van der Waals surface area contributed by atoms with E-state index in [1.54, 1.807) is 7.11 Å². The first-order chi connectivity index (χ1) is 12.6. The molecule has 0 radical (unpaired) electrons. The van der Waals surface area contributed by atoms with Gasteiger partial charge in [0.1, 0.15) is 5.75 Å². The highest BCUT2D eigenvalue weighted by Gasteiger charge is 2.39. The molecule has 0 bridgehead atoms. The van der Waals surface area contributed by atoms with E-state index in [2.05, 4.69) is 23.3 Å². The maximum absolute atomic E-state index is 11.7. The molecule has 4 rings (SSSR count). The van der Waals surface area contributed by atoms with Crippen LogP contribution < -0.4 is 19.5 Å². The number of nitrogens with one attached hydrogen (secondary N) is 1. The minimum atomic E-state index is 0.208. The highest BCUT2D eigenvalue weighted by molar-refractivity contribution is 5.77. The molecule has 1 saturated heterocycles. The van der Waals surface area contributed by atoms with E-state index in [1.165, 1.54) is 0 Å². The first-order valence-corrected chi connectivity index (χ1v) is 9.57. The van der Waals surface area contributed by atoms with E-state index in [0.29, 0.717) is 37.5 Å². The maximum Gasteiger partial charge on any atom is 0.220 e. The maximum atomic E-state index is 11.7. The minimum absolute atomic E-state index is 0.208. The van der Waals surface area contributed by atoms with Crippen molar-refractivity contribution in [3.63, 3.8) is 0 Å². The second-order valence-electron chi connectivity index (χ2n) is 7.73. The number of carbonyl (C=O) groups is 1. The van der Waals surface area contributed by atoms with Crippen LogP contribution in [0.1, 0.15) is 31.2 Å². The molecule has 1 amide bonds. The van der Waals surface area contributed by atoms with E-state index in [1.807, 2.05) is 6.07 Å². The summed E-state index contributed by atoms with van der Waals surface area (Å²) >= 11 is 0. The van der Waals surface area contributed by atoms with Crippen molar-refractivity contribution in [1.82, 2.24) is 10.2 Å². The van der Waals surface area contributed by atoms with Gasteiger partial charge in [-0.15, -0.1) is 0 Å². The molecule has 6 nitrogen and oxygen atoms in total. The summed E-state index contributed by atoms with van der Waals surface area (Å²) < 4.78 is 17.2. The Morgan fingerprint density at radius 2 is 1.92 bits per heavy atom. The third kappa shape index (κ3) is 3.47. The Labute approximate surface area is 154 Å². The number of piperidine rings is 1. The lowest BCUT2D eigenvalue weighted by atomic mass is 9.89. The fourth-order valence-electron chi connectivity index (χ4n) is 4.54. The van der Waals surface area contributed by atoms with Gasteiger partial charge in [0.05, 0.1) is 20.3 Å². The lowest BCUT2D eigenvalue weighted by Gasteiger charge is -2.26. The number of amides is 1. The third-order valence-electron chi connectivity index (χ3n) is 6.02. The van der Waals surface area contributed by atoms with Crippen molar-refractivity contribution in [2.75, 3.05) is 33.9 Å². The molecule has 2 fully saturated rings. The summed E-state index contributed by atoms with van der Waals surface area (Å²) in [6, 6.07) is 4.50. The van der Waals surface area contributed by atoms with Crippen LogP contribution in [0.2, 0.25) is 0 Å². The molecule has 0 unspecified atom stereocenters. The molecule has 0 spiro atoms. The normalized spacial score (nSPS) is 27.7. The van der Waals surface area contributed by atoms with Gasteiger partial charge < -0.3 is 19.5 Å². The predicted octanol–water partition coefficient (Wildman–Crippen LogP) is 2.20. The van der Waals surface area contributed by atoms with Gasteiger partial charge in [0.2, 0.25) is 5.91 Å². The summed E-state index contributed by atoms with van der Waals surface area (Å²) in [6.45, 7) is 2.99. The molecule has 1 saturated carbocycles. The SMILES string of the molecule is COc1cc2c(cc1CN(C)[C@H]1C[C@H]3CNC(=O)C[C@H]3C1)OCCCO2.